The van der Waals surface area contributed by atoms with Crippen LogP contribution in [0, 0.1) is 0 Å². The maximum atomic E-state index is 10.7. The highest BCUT2D eigenvalue weighted by atomic mass is 31.2. The van der Waals surface area contributed by atoms with Crippen molar-refractivity contribution in [2.45, 2.75) is 25.9 Å². The van der Waals surface area contributed by atoms with Gasteiger partial charge in [-0.1, -0.05) is 37.6 Å². The Kier molecular flexibility index (Phi) is 3.87. The molecule has 1 aromatic rings. The highest BCUT2D eigenvalue weighted by molar-refractivity contribution is 7.50. The third-order valence-corrected chi connectivity index (χ3v) is 2.73. The lowest BCUT2D eigenvalue weighted by Gasteiger charge is -2.04. The van der Waals surface area contributed by atoms with Crippen LogP contribution in [-0.2, 0) is 17.1 Å². The van der Waals surface area contributed by atoms with Crippen molar-refractivity contribution in [3.8, 4) is 0 Å². The fourth-order valence-corrected chi connectivity index (χ4v) is 2.02. The molecule has 0 fully saturated rings. The highest BCUT2D eigenvalue weighted by Gasteiger charge is 2.13. The number of rotatable bonds is 4. The van der Waals surface area contributed by atoms with Crippen molar-refractivity contribution in [2.24, 2.45) is 0 Å². The summed E-state index contributed by atoms with van der Waals surface area (Å²) in [7, 11) is -3.92. The second-order valence-corrected chi connectivity index (χ2v) is 5.03. The van der Waals surface area contributed by atoms with Crippen LogP contribution in [0.5, 0.6) is 0 Å². The first-order chi connectivity index (χ1) is 6.51. The van der Waals surface area contributed by atoms with Crippen molar-refractivity contribution in [1.29, 1.82) is 0 Å². The molecular formula is C10H15O3P. The monoisotopic (exact) mass is 214 g/mol. The Morgan fingerprint density at radius 3 is 2.07 bits per heavy atom. The van der Waals surface area contributed by atoms with Crippen LogP contribution in [0.1, 0.15) is 24.5 Å². The van der Waals surface area contributed by atoms with Crippen LogP contribution in [0.4, 0.5) is 0 Å². The molecule has 0 radical (unpaired) electrons. The summed E-state index contributed by atoms with van der Waals surface area (Å²) in [5.41, 5.74) is 1.90. The van der Waals surface area contributed by atoms with Crippen molar-refractivity contribution >= 4 is 7.60 Å². The van der Waals surface area contributed by atoms with Gasteiger partial charge in [0.2, 0.25) is 0 Å². The molecular weight excluding hydrogens is 199 g/mol. The van der Waals surface area contributed by atoms with Gasteiger partial charge in [-0.2, -0.15) is 0 Å². The minimum absolute atomic E-state index is 0.167. The van der Waals surface area contributed by atoms with Gasteiger partial charge in [0.05, 0.1) is 6.16 Å². The Bertz CT molecular complexity index is 326. The van der Waals surface area contributed by atoms with Crippen molar-refractivity contribution in [1.82, 2.24) is 0 Å². The van der Waals surface area contributed by atoms with E-state index in [4.69, 9.17) is 9.79 Å². The molecule has 0 saturated heterocycles. The molecule has 0 aliphatic carbocycles. The van der Waals surface area contributed by atoms with Gasteiger partial charge in [0.15, 0.2) is 0 Å². The second kappa shape index (κ2) is 4.74. The summed E-state index contributed by atoms with van der Waals surface area (Å²) in [5.74, 6) is 0. The predicted molar refractivity (Wildman–Crippen MR) is 56.2 cm³/mol. The zero-order valence-electron chi connectivity index (χ0n) is 8.18. The molecule has 78 valence electrons. The molecule has 4 heteroatoms. The quantitative estimate of drug-likeness (QED) is 0.756. The lowest BCUT2D eigenvalue weighted by Crippen LogP contribution is -1.88. The van der Waals surface area contributed by atoms with Crippen LogP contribution in [-0.4, -0.2) is 9.79 Å². The summed E-state index contributed by atoms with van der Waals surface area (Å²) in [6.07, 6.45) is 1.92. The van der Waals surface area contributed by atoms with E-state index < -0.39 is 7.60 Å². The largest absolute Gasteiger partial charge is 0.329 e. The van der Waals surface area contributed by atoms with Gasteiger partial charge in [-0.25, -0.2) is 0 Å². The molecule has 0 aliphatic heterocycles. The third kappa shape index (κ3) is 4.05. The Hall–Kier alpha value is -0.630. The summed E-state index contributed by atoms with van der Waals surface area (Å²) >= 11 is 0. The first-order valence-electron chi connectivity index (χ1n) is 4.63. The smallest absolute Gasteiger partial charge is 0.324 e. The van der Waals surface area contributed by atoms with Gasteiger partial charge in [0.1, 0.15) is 0 Å². The fraction of sp³-hybridized carbons (Fsp3) is 0.400. The van der Waals surface area contributed by atoms with E-state index in [1.54, 1.807) is 12.1 Å². The van der Waals surface area contributed by atoms with Gasteiger partial charge in [-0.15, -0.1) is 0 Å². The van der Waals surface area contributed by atoms with Gasteiger partial charge in [0.25, 0.3) is 0 Å². The van der Waals surface area contributed by atoms with E-state index in [0.717, 1.165) is 12.8 Å². The number of benzene rings is 1. The molecule has 0 heterocycles. The minimum Gasteiger partial charge on any atom is -0.324 e. The van der Waals surface area contributed by atoms with Crippen molar-refractivity contribution in [3.63, 3.8) is 0 Å². The second-order valence-electron chi connectivity index (χ2n) is 3.39. The van der Waals surface area contributed by atoms with Gasteiger partial charge in [-0.3, -0.25) is 4.57 Å². The molecule has 0 bridgehead atoms. The summed E-state index contributed by atoms with van der Waals surface area (Å²) in [4.78, 5) is 17.5. The predicted octanol–water partition coefficient (Wildman–Crippen LogP) is 2.32. The summed E-state index contributed by atoms with van der Waals surface area (Å²) < 4.78 is 10.7. The highest BCUT2D eigenvalue weighted by Crippen LogP contribution is 2.38. The lowest BCUT2D eigenvalue weighted by atomic mass is 10.1. The van der Waals surface area contributed by atoms with Crippen LogP contribution in [0.25, 0.3) is 0 Å². The minimum atomic E-state index is -3.92. The van der Waals surface area contributed by atoms with Gasteiger partial charge in [-0.05, 0) is 17.5 Å². The van der Waals surface area contributed by atoms with Gasteiger partial charge in [0, 0.05) is 0 Å². The molecule has 14 heavy (non-hydrogen) atoms. The van der Waals surface area contributed by atoms with E-state index in [-0.39, 0.29) is 6.16 Å². The van der Waals surface area contributed by atoms with Crippen LogP contribution in [0.3, 0.4) is 0 Å². The van der Waals surface area contributed by atoms with Crippen LogP contribution >= 0.6 is 7.60 Å². The Balaban J connectivity index is 2.69. The van der Waals surface area contributed by atoms with Crippen LogP contribution in [0.2, 0.25) is 0 Å². The Labute approximate surface area is 83.9 Å². The maximum Gasteiger partial charge on any atom is 0.329 e. The van der Waals surface area contributed by atoms with E-state index in [0.29, 0.717) is 5.56 Å². The SMILES string of the molecule is CCCc1ccc(CP(=O)(O)O)cc1. The van der Waals surface area contributed by atoms with Crippen molar-refractivity contribution in [3.05, 3.63) is 35.4 Å². The number of hydrogen-bond acceptors (Lipinski definition) is 1. The number of aryl methyl sites for hydroxylation is 1. The van der Waals surface area contributed by atoms with Gasteiger partial charge >= 0.3 is 7.60 Å². The van der Waals surface area contributed by atoms with Crippen molar-refractivity contribution < 1.29 is 14.4 Å². The average Bonchev–Trinajstić information content (AvgIpc) is 2.06. The molecule has 0 spiro atoms. The fourth-order valence-electron chi connectivity index (χ4n) is 1.34. The molecule has 0 aliphatic rings. The van der Waals surface area contributed by atoms with E-state index in [1.807, 2.05) is 12.1 Å². The van der Waals surface area contributed by atoms with E-state index in [9.17, 15) is 4.57 Å². The molecule has 0 aromatic heterocycles. The molecule has 1 aromatic carbocycles. The zero-order chi connectivity index (χ0) is 10.6. The molecule has 2 N–H and O–H groups in total. The molecule has 3 nitrogen and oxygen atoms in total. The topological polar surface area (TPSA) is 57.5 Å². The van der Waals surface area contributed by atoms with Gasteiger partial charge < -0.3 is 9.79 Å². The molecule has 1 rings (SSSR count). The van der Waals surface area contributed by atoms with Crippen molar-refractivity contribution in [2.75, 3.05) is 0 Å². The molecule has 0 amide bonds. The normalized spacial score (nSPS) is 11.6. The van der Waals surface area contributed by atoms with E-state index in [2.05, 4.69) is 6.92 Å². The average molecular weight is 214 g/mol. The first kappa shape index (κ1) is 11.4. The third-order valence-electron chi connectivity index (χ3n) is 1.95. The molecule has 0 unspecified atom stereocenters. The first-order valence-corrected chi connectivity index (χ1v) is 6.43. The van der Waals surface area contributed by atoms with Crippen LogP contribution < -0.4 is 0 Å². The summed E-state index contributed by atoms with van der Waals surface area (Å²) in [6.45, 7) is 2.10. The van der Waals surface area contributed by atoms with E-state index >= 15 is 0 Å². The zero-order valence-corrected chi connectivity index (χ0v) is 9.08. The Morgan fingerprint density at radius 2 is 1.64 bits per heavy atom. The standard InChI is InChI=1S/C10H15O3P/c1-2-3-9-4-6-10(7-5-9)8-14(11,12)13/h4-7H,2-3,8H2,1H3,(H2,11,12,13). The maximum absolute atomic E-state index is 10.7. The van der Waals surface area contributed by atoms with E-state index in [1.165, 1.54) is 5.56 Å². The lowest BCUT2D eigenvalue weighted by molar-refractivity contribution is 0.371. The Morgan fingerprint density at radius 1 is 1.14 bits per heavy atom. The summed E-state index contributed by atoms with van der Waals surface area (Å²) in [6, 6.07) is 7.41. The molecule has 0 atom stereocenters. The molecule has 0 saturated carbocycles. The van der Waals surface area contributed by atoms with Crippen LogP contribution in [0.15, 0.2) is 24.3 Å². The number of hydrogen-bond donors (Lipinski definition) is 2. The summed E-state index contributed by atoms with van der Waals surface area (Å²) in [5, 5.41) is 0.